The second kappa shape index (κ2) is 5.37. The van der Waals surface area contributed by atoms with E-state index in [9.17, 15) is 8.42 Å². The van der Waals surface area contributed by atoms with Gasteiger partial charge in [0, 0.05) is 13.5 Å². The summed E-state index contributed by atoms with van der Waals surface area (Å²) in [6, 6.07) is 9.32. The molecule has 1 aromatic carbocycles. The fourth-order valence-corrected chi connectivity index (χ4v) is 2.23. The van der Waals surface area contributed by atoms with Crippen LogP contribution in [-0.4, -0.2) is 29.8 Å². The van der Waals surface area contributed by atoms with Gasteiger partial charge in [-0.05, 0) is 12.1 Å². The zero-order chi connectivity index (χ0) is 13.9. The van der Waals surface area contributed by atoms with Crippen molar-refractivity contribution in [3.8, 4) is 5.75 Å². The van der Waals surface area contributed by atoms with Gasteiger partial charge in [0.1, 0.15) is 11.6 Å². The second-order valence-corrected chi connectivity index (χ2v) is 5.37. The van der Waals surface area contributed by atoms with Crippen LogP contribution in [0.5, 0.6) is 5.75 Å². The molecule has 2 rings (SSSR count). The maximum absolute atomic E-state index is 11.2. The van der Waals surface area contributed by atoms with E-state index in [1.54, 1.807) is 7.05 Å². The Bertz CT molecular complexity index is 652. The number of nitrogens with zero attached hydrogens (tertiary/aromatic N) is 3. The Morgan fingerprint density at radius 3 is 2.53 bits per heavy atom. The average molecular weight is 282 g/mol. The lowest BCUT2D eigenvalue weighted by Crippen LogP contribution is -2.18. The minimum Gasteiger partial charge on any atom is -0.493 e. The van der Waals surface area contributed by atoms with E-state index in [0.717, 1.165) is 5.75 Å². The van der Waals surface area contributed by atoms with Gasteiger partial charge in [0.25, 0.3) is 15.2 Å². The lowest BCUT2D eigenvalue weighted by molar-refractivity contribution is 0.317. The zero-order valence-corrected chi connectivity index (χ0v) is 11.2. The van der Waals surface area contributed by atoms with Crippen LogP contribution in [0.4, 0.5) is 0 Å². The van der Waals surface area contributed by atoms with E-state index in [-0.39, 0.29) is 5.16 Å². The summed E-state index contributed by atoms with van der Waals surface area (Å²) in [6.07, 6.45) is 0.438. The second-order valence-electron chi connectivity index (χ2n) is 3.91. The molecule has 19 heavy (non-hydrogen) atoms. The summed E-state index contributed by atoms with van der Waals surface area (Å²) in [5.41, 5.74) is 0. The zero-order valence-electron chi connectivity index (χ0n) is 10.4. The van der Waals surface area contributed by atoms with Crippen molar-refractivity contribution >= 4 is 10.0 Å². The fourth-order valence-electron chi connectivity index (χ4n) is 1.59. The first-order chi connectivity index (χ1) is 8.98. The van der Waals surface area contributed by atoms with Crippen LogP contribution < -0.4 is 9.88 Å². The van der Waals surface area contributed by atoms with Crippen molar-refractivity contribution in [3.63, 3.8) is 0 Å². The first kappa shape index (κ1) is 13.5. The summed E-state index contributed by atoms with van der Waals surface area (Å²) in [7, 11) is -2.29. The van der Waals surface area contributed by atoms with E-state index < -0.39 is 10.0 Å². The van der Waals surface area contributed by atoms with Gasteiger partial charge in [-0.1, -0.05) is 18.2 Å². The van der Waals surface area contributed by atoms with Gasteiger partial charge in [-0.25, -0.2) is 13.6 Å². The van der Waals surface area contributed by atoms with Crippen molar-refractivity contribution in [2.75, 3.05) is 6.61 Å². The van der Waals surface area contributed by atoms with Gasteiger partial charge < -0.3 is 9.30 Å². The van der Waals surface area contributed by atoms with Gasteiger partial charge in [0.15, 0.2) is 0 Å². The Kier molecular flexibility index (Phi) is 3.82. The number of ether oxygens (including phenoxy) is 1. The first-order valence-corrected chi connectivity index (χ1v) is 7.12. The molecule has 0 unspecified atom stereocenters. The van der Waals surface area contributed by atoms with Crippen LogP contribution >= 0.6 is 0 Å². The standard InChI is InChI=1S/C11H14N4O3S/c1-15-10(13-14-11(15)19(12,16)17)7-8-18-9-5-3-2-4-6-9/h2-6H,7-8H2,1H3,(H2,12,16,17). The van der Waals surface area contributed by atoms with Gasteiger partial charge in [-0.3, -0.25) is 0 Å². The highest BCUT2D eigenvalue weighted by Crippen LogP contribution is 2.09. The number of nitrogens with two attached hydrogens (primary N) is 1. The van der Waals surface area contributed by atoms with Gasteiger partial charge in [-0.15, -0.1) is 10.2 Å². The van der Waals surface area contributed by atoms with E-state index in [2.05, 4.69) is 10.2 Å². The molecule has 1 heterocycles. The molecule has 8 heteroatoms. The molecule has 0 aliphatic heterocycles. The van der Waals surface area contributed by atoms with E-state index in [4.69, 9.17) is 9.88 Å². The molecule has 0 bridgehead atoms. The Balaban J connectivity index is 2.00. The number of aromatic nitrogens is 3. The molecular formula is C11H14N4O3S. The molecular weight excluding hydrogens is 268 g/mol. The summed E-state index contributed by atoms with van der Waals surface area (Å²) >= 11 is 0. The molecule has 1 aromatic heterocycles. The molecule has 2 aromatic rings. The number of sulfonamides is 1. The van der Waals surface area contributed by atoms with Crippen LogP contribution in [0.2, 0.25) is 0 Å². The summed E-state index contributed by atoms with van der Waals surface area (Å²) < 4.78 is 29.2. The molecule has 102 valence electrons. The smallest absolute Gasteiger partial charge is 0.273 e. The lowest BCUT2D eigenvalue weighted by Gasteiger charge is -2.05. The van der Waals surface area contributed by atoms with Crippen molar-refractivity contribution in [1.82, 2.24) is 14.8 Å². The molecule has 7 nitrogen and oxygen atoms in total. The molecule has 0 aliphatic rings. The molecule has 0 spiro atoms. The Labute approximate surface area is 111 Å². The number of hydrogen-bond acceptors (Lipinski definition) is 5. The Morgan fingerprint density at radius 2 is 1.95 bits per heavy atom. The fraction of sp³-hybridized carbons (Fsp3) is 0.273. The van der Waals surface area contributed by atoms with Gasteiger partial charge in [-0.2, -0.15) is 0 Å². The largest absolute Gasteiger partial charge is 0.493 e. The average Bonchev–Trinajstić information content (AvgIpc) is 2.72. The third-order valence-electron chi connectivity index (χ3n) is 2.52. The normalized spacial score (nSPS) is 11.5. The highest BCUT2D eigenvalue weighted by molar-refractivity contribution is 7.89. The van der Waals surface area contributed by atoms with Crippen molar-refractivity contribution in [2.45, 2.75) is 11.6 Å². The molecule has 0 fully saturated rings. The molecule has 0 radical (unpaired) electrons. The Morgan fingerprint density at radius 1 is 1.26 bits per heavy atom. The number of benzene rings is 1. The van der Waals surface area contributed by atoms with Crippen molar-refractivity contribution in [2.24, 2.45) is 12.2 Å². The van der Waals surface area contributed by atoms with Crippen LogP contribution in [0.15, 0.2) is 35.5 Å². The van der Waals surface area contributed by atoms with E-state index in [1.165, 1.54) is 4.57 Å². The summed E-state index contributed by atoms with van der Waals surface area (Å²) in [5.74, 6) is 1.25. The highest BCUT2D eigenvalue weighted by Gasteiger charge is 2.18. The van der Waals surface area contributed by atoms with E-state index >= 15 is 0 Å². The van der Waals surface area contributed by atoms with Crippen molar-refractivity contribution < 1.29 is 13.2 Å². The van der Waals surface area contributed by atoms with Crippen LogP contribution in [-0.2, 0) is 23.5 Å². The molecule has 2 N–H and O–H groups in total. The van der Waals surface area contributed by atoms with Crippen molar-refractivity contribution in [1.29, 1.82) is 0 Å². The van der Waals surface area contributed by atoms with Crippen LogP contribution in [0.3, 0.4) is 0 Å². The maximum atomic E-state index is 11.2. The summed E-state index contributed by atoms with van der Waals surface area (Å²) in [4.78, 5) is 0. The minimum atomic E-state index is -3.84. The summed E-state index contributed by atoms with van der Waals surface area (Å²) in [6.45, 7) is 0.376. The van der Waals surface area contributed by atoms with Gasteiger partial charge in [0.2, 0.25) is 0 Å². The van der Waals surface area contributed by atoms with Gasteiger partial charge >= 0.3 is 0 Å². The molecule has 0 saturated heterocycles. The highest BCUT2D eigenvalue weighted by atomic mass is 32.2. The predicted molar refractivity (Wildman–Crippen MR) is 68.0 cm³/mol. The van der Waals surface area contributed by atoms with E-state index in [1.807, 2.05) is 30.3 Å². The molecule has 0 saturated carbocycles. The van der Waals surface area contributed by atoms with E-state index in [0.29, 0.717) is 18.9 Å². The molecule has 0 amide bonds. The number of para-hydroxylation sites is 1. The van der Waals surface area contributed by atoms with Crippen molar-refractivity contribution in [3.05, 3.63) is 36.2 Å². The third-order valence-corrected chi connectivity index (χ3v) is 3.38. The summed E-state index contributed by atoms with van der Waals surface area (Å²) in [5, 5.41) is 12.1. The number of hydrogen-bond donors (Lipinski definition) is 1. The quantitative estimate of drug-likeness (QED) is 0.837. The monoisotopic (exact) mass is 282 g/mol. The molecule has 0 atom stereocenters. The van der Waals surface area contributed by atoms with Crippen LogP contribution in [0.25, 0.3) is 0 Å². The molecule has 0 aliphatic carbocycles. The van der Waals surface area contributed by atoms with Gasteiger partial charge in [0.05, 0.1) is 6.61 Å². The predicted octanol–water partition coefficient (Wildman–Crippen LogP) is 0.0840. The SMILES string of the molecule is Cn1c(CCOc2ccccc2)nnc1S(N)(=O)=O. The van der Waals surface area contributed by atoms with Crippen LogP contribution in [0.1, 0.15) is 5.82 Å². The lowest BCUT2D eigenvalue weighted by atomic mass is 10.3. The minimum absolute atomic E-state index is 0.248. The maximum Gasteiger partial charge on any atom is 0.273 e. The Hall–Kier alpha value is -1.93. The topological polar surface area (TPSA) is 100 Å². The third kappa shape index (κ3) is 3.30. The number of rotatable bonds is 5. The number of primary sulfonamides is 1. The first-order valence-electron chi connectivity index (χ1n) is 5.57. The van der Waals surface area contributed by atoms with Crippen LogP contribution in [0, 0.1) is 0 Å².